The van der Waals surface area contributed by atoms with Crippen LogP contribution in [-0.4, -0.2) is 37.3 Å². The molecule has 0 amide bonds. The lowest BCUT2D eigenvalue weighted by molar-refractivity contribution is 0.0605. The Morgan fingerprint density at radius 1 is 1.56 bits per heavy atom. The zero-order chi connectivity index (χ0) is 13.0. The number of nitrogens with zero attached hydrogens (tertiary/aromatic N) is 1. The SMILES string of the molecule is CCc1nc(NC2CCOCC2)sc1C(=O)OC. The van der Waals surface area contributed by atoms with Crippen molar-refractivity contribution in [2.24, 2.45) is 0 Å². The van der Waals surface area contributed by atoms with Crippen LogP contribution < -0.4 is 5.32 Å². The predicted molar refractivity (Wildman–Crippen MR) is 70.3 cm³/mol. The van der Waals surface area contributed by atoms with Gasteiger partial charge in [0, 0.05) is 19.3 Å². The van der Waals surface area contributed by atoms with Crippen LogP contribution in [0.2, 0.25) is 0 Å². The van der Waals surface area contributed by atoms with Crippen molar-refractivity contribution in [1.29, 1.82) is 0 Å². The molecule has 18 heavy (non-hydrogen) atoms. The van der Waals surface area contributed by atoms with Crippen LogP contribution in [0.25, 0.3) is 0 Å². The van der Waals surface area contributed by atoms with Crippen LogP contribution in [0.15, 0.2) is 0 Å². The first-order valence-electron chi connectivity index (χ1n) is 6.17. The Labute approximate surface area is 111 Å². The van der Waals surface area contributed by atoms with E-state index in [9.17, 15) is 4.79 Å². The molecule has 1 aromatic rings. The Bertz CT molecular complexity index is 413. The summed E-state index contributed by atoms with van der Waals surface area (Å²) in [6.07, 6.45) is 2.69. The Morgan fingerprint density at radius 3 is 2.89 bits per heavy atom. The average Bonchev–Trinajstić information content (AvgIpc) is 2.82. The highest BCUT2D eigenvalue weighted by molar-refractivity contribution is 7.17. The quantitative estimate of drug-likeness (QED) is 0.849. The second-order valence-corrected chi connectivity index (χ2v) is 5.17. The third-order valence-corrected chi connectivity index (χ3v) is 3.96. The first kappa shape index (κ1) is 13.3. The molecule has 1 aromatic heterocycles. The topological polar surface area (TPSA) is 60.5 Å². The number of aromatic nitrogens is 1. The van der Waals surface area contributed by atoms with Gasteiger partial charge in [-0.2, -0.15) is 0 Å². The Balaban J connectivity index is 2.08. The van der Waals surface area contributed by atoms with Gasteiger partial charge in [-0.15, -0.1) is 0 Å². The standard InChI is InChI=1S/C12H18N2O3S/c1-3-9-10(11(15)16-2)18-12(14-9)13-8-4-6-17-7-5-8/h8H,3-7H2,1-2H3,(H,13,14). The maximum atomic E-state index is 11.6. The van der Waals surface area contributed by atoms with E-state index in [1.807, 2.05) is 6.92 Å². The van der Waals surface area contributed by atoms with Crippen molar-refractivity contribution in [3.8, 4) is 0 Å². The summed E-state index contributed by atoms with van der Waals surface area (Å²) >= 11 is 1.37. The number of nitrogens with one attached hydrogen (secondary N) is 1. The smallest absolute Gasteiger partial charge is 0.350 e. The molecule has 0 saturated carbocycles. The summed E-state index contributed by atoms with van der Waals surface area (Å²) in [5.74, 6) is -0.302. The number of esters is 1. The highest BCUT2D eigenvalue weighted by Gasteiger charge is 2.20. The third-order valence-electron chi connectivity index (χ3n) is 2.95. The molecule has 0 radical (unpaired) electrons. The van der Waals surface area contributed by atoms with Crippen molar-refractivity contribution in [2.75, 3.05) is 25.6 Å². The summed E-state index contributed by atoms with van der Waals surface area (Å²) in [6.45, 7) is 3.56. The monoisotopic (exact) mass is 270 g/mol. The molecular weight excluding hydrogens is 252 g/mol. The second kappa shape index (κ2) is 6.15. The number of aryl methyl sites for hydroxylation is 1. The van der Waals surface area contributed by atoms with Crippen molar-refractivity contribution < 1.29 is 14.3 Å². The number of hydrogen-bond donors (Lipinski definition) is 1. The summed E-state index contributed by atoms with van der Waals surface area (Å²) in [5, 5.41) is 4.18. The summed E-state index contributed by atoms with van der Waals surface area (Å²) in [6, 6.07) is 0.389. The van der Waals surface area contributed by atoms with Crippen LogP contribution >= 0.6 is 11.3 Å². The third kappa shape index (κ3) is 3.00. The first-order valence-corrected chi connectivity index (χ1v) is 6.98. The van der Waals surface area contributed by atoms with Gasteiger partial charge in [-0.1, -0.05) is 18.3 Å². The van der Waals surface area contributed by atoms with Gasteiger partial charge in [-0.05, 0) is 19.3 Å². The molecule has 0 bridgehead atoms. The highest BCUT2D eigenvalue weighted by Crippen LogP contribution is 2.26. The van der Waals surface area contributed by atoms with Crippen LogP contribution in [0.5, 0.6) is 0 Å². The van der Waals surface area contributed by atoms with E-state index < -0.39 is 0 Å². The van der Waals surface area contributed by atoms with E-state index in [4.69, 9.17) is 9.47 Å². The lowest BCUT2D eigenvalue weighted by Crippen LogP contribution is -2.27. The number of thiazole rings is 1. The molecule has 1 aliphatic rings. The summed E-state index contributed by atoms with van der Waals surface area (Å²) in [4.78, 5) is 16.7. The molecule has 2 heterocycles. The van der Waals surface area contributed by atoms with Crippen molar-refractivity contribution in [3.05, 3.63) is 10.6 Å². The normalized spacial score (nSPS) is 16.6. The molecule has 100 valence electrons. The van der Waals surface area contributed by atoms with E-state index in [2.05, 4.69) is 10.3 Å². The molecule has 1 fully saturated rings. The van der Waals surface area contributed by atoms with Gasteiger partial charge in [0.2, 0.25) is 0 Å². The molecule has 6 heteroatoms. The molecule has 0 atom stereocenters. The number of ether oxygens (including phenoxy) is 2. The van der Waals surface area contributed by atoms with Crippen LogP contribution in [0, 0.1) is 0 Å². The predicted octanol–water partition coefficient (Wildman–Crippen LogP) is 2.08. The minimum absolute atomic E-state index is 0.302. The van der Waals surface area contributed by atoms with Crippen LogP contribution in [0.1, 0.15) is 35.1 Å². The number of carbonyl (C=O) groups excluding carboxylic acids is 1. The van der Waals surface area contributed by atoms with Gasteiger partial charge in [0.1, 0.15) is 4.88 Å². The Kier molecular flexibility index (Phi) is 4.54. The average molecular weight is 270 g/mol. The van der Waals surface area contributed by atoms with Crippen LogP contribution in [0.4, 0.5) is 5.13 Å². The first-order chi connectivity index (χ1) is 8.74. The van der Waals surface area contributed by atoms with Crippen LogP contribution in [0.3, 0.4) is 0 Å². The van der Waals surface area contributed by atoms with E-state index in [0.29, 0.717) is 10.9 Å². The molecule has 1 saturated heterocycles. The van der Waals surface area contributed by atoms with E-state index in [0.717, 1.165) is 43.3 Å². The van der Waals surface area contributed by atoms with Gasteiger partial charge in [-0.3, -0.25) is 0 Å². The maximum Gasteiger partial charge on any atom is 0.350 e. The highest BCUT2D eigenvalue weighted by atomic mass is 32.1. The van der Waals surface area contributed by atoms with Gasteiger partial charge in [0.15, 0.2) is 5.13 Å². The molecule has 1 aliphatic heterocycles. The number of carbonyl (C=O) groups is 1. The van der Waals surface area contributed by atoms with Gasteiger partial charge in [0.25, 0.3) is 0 Å². The molecule has 0 unspecified atom stereocenters. The minimum atomic E-state index is -0.302. The maximum absolute atomic E-state index is 11.6. The lowest BCUT2D eigenvalue weighted by Gasteiger charge is -2.22. The van der Waals surface area contributed by atoms with Gasteiger partial charge in [0.05, 0.1) is 12.8 Å². The Hall–Kier alpha value is -1.14. The molecule has 0 aliphatic carbocycles. The number of anilines is 1. The fraction of sp³-hybridized carbons (Fsp3) is 0.667. The molecule has 2 rings (SSSR count). The van der Waals surface area contributed by atoms with Crippen molar-refractivity contribution in [1.82, 2.24) is 4.98 Å². The van der Waals surface area contributed by atoms with Crippen LogP contribution in [-0.2, 0) is 15.9 Å². The zero-order valence-electron chi connectivity index (χ0n) is 10.7. The van der Waals surface area contributed by atoms with Crippen molar-refractivity contribution in [3.63, 3.8) is 0 Å². The summed E-state index contributed by atoms with van der Waals surface area (Å²) in [7, 11) is 1.40. The molecule has 5 nitrogen and oxygen atoms in total. The van der Waals surface area contributed by atoms with Gasteiger partial charge >= 0.3 is 5.97 Å². The van der Waals surface area contributed by atoms with Gasteiger partial charge in [-0.25, -0.2) is 9.78 Å². The van der Waals surface area contributed by atoms with Gasteiger partial charge < -0.3 is 14.8 Å². The molecule has 0 spiro atoms. The van der Waals surface area contributed by atoms with E-state index >= 15 is 0 Å². The largest absolute Gasteiger partial charge is 0.465 e. The number of hydrogen-bond acceptors (Lipinski definition) is 6. The zero-order valence-corrected chi connectivity index (χ0v) is 11.5. The summed E-state index contributed by atoms with van der Waals surface area (Å²) in [5.41, 5.74) is 0.807. The summed E-state index contributed by atoms with van der Waals surface area (Å²) < 4.78 is 10.1. The van der Waals surface area contributed by atoms with Crippen molar-refractivity contribution >= 4 is 22.4 Å². The molecular formula is C12H18N2O3S. The number of rotatable bonds is 4. The van der Waals surface area contributed by atoms with E-state index in [1.54, 1.807) is 0 Å². The Morgan fingerprint density at radius 2 is 2.28 bits per heavy atom. The van der Waals surface area contributed by atoms with Crippen molar-refractivity contribution in [2.45, 2.75) is 32.2 Å². The van der Waals surface area contributed by atoms with E-state index in [-0.39, 0.29) is 5.97 Å². The fourth-order valence-electron chi connectivity index (χ4n) is 1.92. The van der Waals surface area contributed by atoms with E-state index in [1.165, 1.54) is 18.4 Å². The molecule has 1 N–H and O–H groups in total. The number of methoxy groups -OCH3 is 1. The molecule has 0 aromatic carbocycles. The second-order valence-electron chi connectivity index (χ2n) is 4.17. The lowest BCUT2D eigenvalue weighted by atomic mass is 10.1. The minimum Gasteiger partial charge on any atom is -0.465 e. The fourth-order valence-corrected chi connectivity index (χ4v) is 2.97.